The lowest BCUT2D eigenvalue weighted by atomic mass is 10.0. The SMILES string of the molecule is C(OC=C(CCC1CO1)c1ccccc1)=C(CCC1CO1)c1ccccc1. The van der Waals surface area contributed by atoms with Gasteiger partial charge in [-0.05, 0) is 48.0 Å². The lowest BCUT2D eigenvalue weighted by molar-refractivity contribution is 0.390. The molecule has 0 saturated carbocycles. The van der Waals surface area contributed by atoms with Crippen LogP contribution in [0.3, 0.4) is 0 Å². The highest BCUT2D eigenvalue weighted by Crippen LogP contribution is 2.27. The first-order chi connectivity index (χ1) is 13.4. The molecule has 140 valence electrons. The number of allylic oxidation sites excluding steroid dienone is 2. The van der Waals surface area contributed by atoms with Crippen molar-refractivity contribution in [2.45, 2.75) is 37.9 Å². The van der Waals surface area contributed by atoms with Crippen molar-refractivity contribution in [1.82, 2.24) is 0 Å². The molecule has 2 aliphatic heterocycles. The Labute approximate surface area is 161 Å². The summed E-state index contributed by atoms with van der Waals surface area (Å²) in [6.07, 6.45) is 8.63. The van der Waals surface area contributed by atoms with Gasteiger partial charge in [0.15, 0.2) is 0 Å². The molecule has 2 saturated heterocycles. The largest absolute Gasteiger partial charge is 0.472 e. The van der Waals surface area contributed by atoms with Gasteiger partial charge >= 0.3 is 0 Å². The van der Waals surface area contributed by atoms with Crippen molar-refractivity contribution in [1.29, 1.82) is 0 Å². The predicted molar refractivity (Wildman–Crippen MR) is 108 cm³/mol. The lowest BCUT2D eigenvalue weighted by Gasteiger charge is -2.09. The second-order valence-corrected chi connectivity index (χ2v) is 7.14. The van der Waals surface area contributed by atoms with Crippen molar-refractivity contribution in [2.24, 2.45) is 0 Å². The summed E-state index contributed by atoms with van der Waals surface area (Å²) < 4.78 is 16.7. The highest BCUT2D eigenvalue weighted by atomic mass is 16.6. The average Bonchev–Trinajstić information content (AvgIpc) is 3.63. The van der Waals surface area contributed by atoms with E-state index in [0.717, 1.165) is 38.9 Å². The van der Waals surface area contributed by atoms with Crippen molar-refractivity contribution >= 4 is 11.1 Å². The van der Waals surface area contributed by atoms with Gasteiger partial charge in [0.1, 0.15) is 0 Å². The molecule has 2 aliphatic rings. The van der Waals surface area contributed by atoms with E-state index in [0.29, 0.717) is 12.2 Å². The molecule has 0 bridgehead atoms. The van der Waals surface area contributed by atoms with E-state index in [2.05, 4.69) is 48.5 Å². The van der Waals surface area contributed by atoms with Gasteiger partial charge in [-0.1, -0.05) is 60.7 Å². The third kappa shape index (κ3) is 5.81. The maximum absolute atomic E-state index is 5.97. The summed E-state index contributed by atoms with van der Waals surface area (Å²) >= 11 is 0. The van der Waals surface area contributed by atoms with Crippen LogP contribution in [0, 0.1) is 0 Å². The minimum absolute atomic E-state index is 0.422. The standard InChI is InChI=1S/C24H26O3/c1-3-7-19(8-4-1)21(11-13-23-17-26-23)15-25-16-22(12-14-24-18-27-24)20-9-5-2-6-10-20/h1-10,15-16,23-24H,11-14,17-18H2. The second-order valence-electron chi connectivity index (χ2n) is 7.14. The van der Waals surface area contributed by atoms with Gasteiger partial charge in [-0.15, -0.1) is 0 Å². The van der Waals surface area contributed by atoms with E-state index in [-0.39, 0.29) is 0 Å². The van der Waals surface area contributed by atoms with Crippen molar-refractivity contribution in [3.63, 3.8) is 0 Å². The minimum Gasteiger partial charge on any atom is -0.472 e. The van der Waals surface area contributed by atoms with Crippen LogP contribution in [-0.4, -0.2) is 25.4 Å². The van der Waals surface area contributed by atoms with E-state index < -0.39 is 0 Å². The first-order valence-corrected chi connectivity index (χ1v) is 9.76. The zero-order valence-electron chi connectivity index (χ0n) is 15.6. The van der Waals surface area contributed by atoms with E-state index in [1.165, 1.54) is 22.3 Å². The summed E-state index contributed by atoms with van der Waals surface area (Å²) in [7, 11) is 0. The monoisotopic (exact) mass is 362 g/mol. The van der Waals surface area contributed by atoms with Gasteiger partial charge in [0.05, 0.1) is 37.9 Å². The molecular weight excluding hydrogens is 336 g/mol. The summed E-state index contributed by atoms with van der Waals surface area (Å²) in [6, 6.07) is 20.9. The highest BCUT2D eigenvalue weighted by Gasteiger charge is 2.23. The molecule has 0 aromatic heterocycles. The number of epoxide rings is 2. The zero-order valence-corrected chi connectivity index (χ0v) is 15.6. The molecule has 0 aliphatic carbocycles. The zero-order chi connectivity index (χ0) is 18.3. The van der Waals surface area contributed by atoms with E-state index in [9.17, 15) is 0 Å². The van der Waals surface area contributed by atoms with Crippen LogP contribution in [-0.2, 0) is 14.2 Å². The number of ether oxygens (including phenoxy) is 3. The Balaban J connectivity index is 1.47. The Bertz CT molecular complexity index is 704. The van der Waals surface area contributed by atoms with Crippen LogP contribution in [0.1, 0.15) is 36.8 Å². The molecule has 27 heavy (non-hydrogen) atoms. The van der Waals surface area contributed by atoms with Gasteiger partial charge in [-0.2, -0.15) is 0 Å². The molecule has 2 aromatic rings. The molecule has 3 heteroatoms. The number of hydrogen-bond donors (Lipinski definition) is 0. The maximum atomic E-state index is 5.97. The molecule has 0 spiro atoms. The molecule has 2 unspecified atom stereocenters. The van der Waals surface area contributed by atoms with E-state index in [4.69, 9.17) is 14.2 Å². The molecule has 3 nitrogen and oxygen atoms in total. The summed E-state index contributed by atoms with van der Waals surface area (Å²) in [5, 5.41) is 0. The third-order valence-electron chi connectivity index (χ3n) is 4.99. The summed E-state index contributed by atoms with van der Waals surface area (Å²) in [4.78, 5) is 0. The van der Waals surface area contributed by atoms with E-state index in [1.807, 2.05) is 24.7 Å². The Kier molecular flexibility index (Phi) is 6.03. The highest BCUT2D eigenvalue weighted by molar-refractivity contribution is 5.66. The van der Waals surface area contributed by atoms with Crippen LogP contribution < -0.4 is 0 Å². The molecule has 2 fully saturated rings. The quantitative estimate of drug-likeness (QED) is 0.417. The predicted octanol–water partition coefficient (Wildman–Crippen LogP) is 5.44. The molecule has 4 rings (SSSR count). The second kappa shape index (κ2) is 9.03. The Morgan fingerprint density at radius 2 is 1.15 bits per heavy atom. The number of hydrogen-bond acceptors (Lipinski definition) is 3. The van der Waals surface area contributed by atoms with Gasteiger partial charge in [0.25, 0.3) is 0 Å². The Morgan fingerprint density at radius 3 is 1.52 bits per heavy atom. The maximum Gasteiger partial charge on any atom is 0.0939 e. The first kappa shape index (κ1) is 18.0. The smallest absolute Gasteiger partial charge is 0.0939 e. The van der Waals surface area contributed by atoms with Crippen LogP contribution in [0.25, 0.3) is 11.1 Å². The summed E-state index contributed by atoms with van der Waals surface area (Å²) in [5.74, 6) is 0. The van der Waals surface area contributed by atoms with Gasteiger partial charge < -0.3 is 14.2 Å². The Hall–Kier alpha value is -2.36. The van der Waals surface area contributed by atoms with Crippen LogP contribution in [0.15, 0.2) is 73.2 Å². The number of rotatable bonds is 10. The molecule has 0 amide bonds. The molecule has 0 N–H and O–H groups in total. The fraction of sp³-hybridized carbons (Fsp3) is 0.333. The number of benzene rings is 2. The fourth-order valence-electron chi connectivity index (χ4n) is 3.15. The topological polar surface area (TPSA) is 34.3 Å². The van der Waals surface area contributed by atoms with Gasteiger partial charge in [-0.3, -0.25) is 0 Å². The minimum atomic E-state index is 0.422. The third-order valence-corrected chi connectivity index (χ3v) is 4.99. The molecule has 2 atom stereocenters. The van der Waals surface area contributed by atoms with Crippen molar-refractivity contribution < 1.29 is 14.2 Å². The first-order valence-electron chi connectivity index (χ1n) is 9.76. The summed E-state index contributed by atoms with van der Waals surface area (Å²) in [5.41, 5.74) is 4.83. The summed E-state index contributed by atoms with van der Waals surface area (Å²) in [6.45, 7) is 1.79. The average molecular weight is 362 g/mol. The Morgan fingerprint density at radius 1 is 0.741 bits per heavy atom. The molecular formula is C24H26O3. The van der Waals surface area contributed by atoms with E-state index in [1.54, 1.807) is 0 Å². The lowest BCUT2D eigenvalue weighted by Crippen LogP contribution is -1.92. The molecule has 0 radical (unpaired) electrons. The van der Waals surface area contributed by atoms with Crippen LogP contribution in [0.4, 0.5) is 0 Å². The van der Waals surface area contributed by atoms with Crippen molar-refractivity contribution in [3.8, 4) is 0 Å². The van der Waals surface area contributed by atoms with Crippen molar-refractivity contribution in [2.75, 3.05) is 13.2 Å². The van der Waals surface area contributed by atoms with Crippen LogP contribution in [0.5, 0.6) is 0 Å². The van der Waals surface area contributed by atoms with Crippen LogP contribution >= 0.6 is 0 Å². The van der Waals surface area contributed by atoms with Crippen LogP contribution in [0.2, 0.25) is 0 Å². The fourth-order valence-corrected chi connectivity index (χ4v) is 3.15. The van der Waals surface area contributed by atoms with Gasteiger partial charge in [-0.25, -0.2) is 0 Å². The van der Waals surface area contributed by atoms with Gasteiger partial charge in [0, 0.05) is 0 Å². The van der Waals surface area contributed by atoms with Gasteiger partial charge in [0.2, 0.25) is 0 Å². The molecule has 2 aromatic carbocycles. The molecule has 2 heterocycles. The normalized spacial score (nSPS) is 21.8. The van der Waals surface area contributed by atoms with Crippen molar-refractivity contribution in [3.05, 3.63) is 84.3 Å². The van der Waals surface area contributed by atoms with E-state index >= 15 is 0 Å².